The summed E-state index contributed by atoms with van der Waals surface area (Å²) in [7, 11) is 0. The maximum Gasteiger partial charge on any atom is 0.175 e. The van der Waals surface area contributed by atoms with E-state index >= 15 is 0 Å². The minimum absolute atomic E-state index is 0.191. The molecule has 0 bridgehead atoms. The first-order chi connectivity index (χ1) is 7.20. The van der Waals surface area contributed by atoms with Crippen LogP contribution in [0.15, 0.2) is 11.6 Å². The second kappa shape index (κ2) is 4.68. The zero-order valence-corrected chi connectivity index (χ0v) is 8.95. The summed E-state index contributed by atoms with van der Waals surface area (Å²) in [6.07, 6.45) is 10.6. The summed E-state index contributed by atoms with van der Waals surface area (Å²) in [4.78, 5) is 0. The van der Waals surface area contributed by atoms with Crippen molar-refractivity contribution in [2.24, 2.45) is 11.3 Å². The molecule has 2 heteroatoms. The highest BCUT2D eigenvalue weighted by atomic mass is 14.4. The summed E-state index contributed by atoms with van der Waals surface area (Å²) >= 11 is 0. The van der Waals surface area contributed by atoms with Crippen LogP contribution < -0.4 is 0 Å². The number of hydrogen-bond donors (Lipinski definition) is 0. The lowest BCUT2D eigenvalue weighted by molar-refractivity contribution is 0.462. The molecule has 15 heavy (non-hydrogen) atoms. The Morgan fingerprint density at radius 1 is 1.53 bits per heavy atom. The maximum absolute atomic E-state index is 9.17. The highest BCUT2D eigenvalue weighted by Gasteiger charge is 2.37. The van der Waals surface area contributed by atoms with Crippen LogP contribution in [0.2, 0.25) is 0 Å². The van der Waals surface area contributed by atoms with Crippen LogP contribution in [-0.2, 0) is 0 Å². The van der Waals surface area contributed by atoms with Crippen LogP contribution in [-0.4, -0.2) is 0 Å². The summed E-state index contributed by atoms with van der Waals surface area (Å²) in [6, 6.07) is 4.19. The smallest absolute Gasteiger partial charge is 0.175 e. The highest BCUT2D eigenvalue weighted by molar-refractivity contribution is 5.37. The fourth-order valence-corrected chi connectivity index (χ4v) is 2.12. The number of rotatable bonds is 2. The van der Waals surface area contributed by atoms with Crippen molar-refractivity contribution in [1.29, 1.82) is 10.5 Å². The first-order valence-electron chi connectivity index (χ1n) is 5.16. The monoisotopic (exact) mass is 198 g/mol. The lowest BCUT2D eigenvalue weighted by Crippen LogP contribution is -2.25. The minimum Gasteiger partial charge on any atom is -0.196 e. The molecule has 2 nitrogen and oxygen atoms in total. The van der Waals surface area contributed by atoms with E-state index in [1.807, 2.05) is 6.08 Å². The second-order valence-corrected chi connectivity index (χ2v) is 4.00. The number of hydrogen-bond acceptors (Lipinski definition) is 2. The van der Waals surface area contributed by atoms with Crippen molar-refractivity contribution in [3.63, 3.8) is 0 Å². The SMILES string of the molecule is C#CCC(C#N)(C#N)C1=CCCCC1C. The van der Waals surface area contributed by atoms with Gasteiger partial charge in [-0.25, -0.2) is 0 Å². The molecule has 0 aliphatic heterocycles. The molecule has 0 amide bonds. The molecule has 0 spiro atoms. The van der Waals surface area contributed by atoms with E-state index in [0.29, 0.717) is 5.92 Å². The Morgan fingerprint density at radius 3 is 2.67 bits per heavy atom. The number of terminal acetylenes is 1. The molecule has 0 aromatic rings. The largest absolute Gasteiger partial charge is 0.196 e. The second-order valence-electron chi connectivity index (χ2n) is 4.00. The Balaban J connectivity index is 3.11. The molecule has 0 aromatic carbocycles. The van der Waals surface area contributed by atoms with Gasteiger partial charge in [-0.1, -0.05) is 13.0 Å². The van der Waals surface area contributed by atoms with E-state index in [-0.39, 0.29) is 6.42 Å². The van der Waals surface area contributed by atoms with Gasteiger partial charge in [-0.05, 0) is 30.8 Å². The fraction of sp³-hybridized carbons (Fsp3) is 0.538. The molecule has 0 N–H and O–H groups in total. The van der Waals surface area contributed by atoms with E-state index in [1.54, 1.807) is 0 Å². The predicted molar refractivity (Wildman–Crippen MR) is 58.2 cm³/mol. The average Bonchev–Trinajstić information content (AvgIpc) is 2.27. The van der Waals surface area contributed by atoms with Crippen LogP contribution in [0, 0.1) is 46.3 Å². The van der Waals surface area contributed by atoms with Crippen LogP contribution in [0.1, 0.15) is 32.6 Å². The van der Waals surface area contributed by atoms with Gasteiger partial charge >= 0.3 is 0 Å². The van der Waals surface area contributed by atoms with Crippen LogP contribution >= 0.6 is 0 Å². The van der Waals surface area contributed by atoms with E-state index in [9.17, 15) is 0 Å². The predicted octanol–water partition coefficient (Wildman–Crippen LogP) is 2.79. The zero-order chi connectivity index (χ0) is 11.3. The molecule has 0 saturated carbocycles. The summed E-state index contributed by atoms with van der Waals surface area (Å²) in [6.45, 7) is 2.06. The standard InChI is InChI=1S/C13H14N2/c1-3-8-13(9-14,10-15)12-7-5-4-6-11(12)2/h1,7,11H,4-6,8H2,2H3. The third kappa shape index (κ3) is 2.03. The van der Waals surface area contributed by atoms with Crippen molar-refractivity contribution in [1.82, 2.24) is 0 Å². The highest BCUT2D eigenvalue weighted by Crippen LogP contribution is 2.39. The van der Waals surface area contributed by atoms with Gasteiger partial charge in [-0.2, -0.15) is 10.5 Å². The van der Waals surface area contributed by atoms with Gasteiger partial charge in [0.2, 0.25) is 0 Å². The average molecular weight is 198 g/mol. The van der Waals surface area contributed by atoms with E-state index in [0.717, 1.165) is 24.8 Å². The molecular weight excluding hydrogens is 184 g/mol. The van der Waals surface area contributed by atoms with E-state index in [2.05, 4.69) is 25.0 Å². The van der Waals surface area contributed by atoms with Gasteiger partial charge in [0.05, 0.1) is 12.1 Å². The van der Waals surface area contributed by atoms with Crippen molar-refractivity contribution in [2.75, 3.05) is 0 Å². The molecule has 0 fully saturated rings. The summed E-state index contributed by atoms with van der Waals surface area (Å²) in [5, 5.41) is 18.3. The molecule has 1 unspecified atom stereocenters. The Morgan fingerprint density at radius 2 is 2.20 bits per heavy atom. The van der Waals surface area contributed by atoms with Crippen LogP contribution in [0.5, 0.6) is 0 Å². The molecule has 0 radical (unpaired) electrons. The van der Waals surface area contributed by atoms with E-state index in [4.69, 9.17) is 16.9 Å². The summed E-state index contributed by atoms with van der Waals surface area (Å²) in [5.41, 5.74) is -0.161. The van der Waals surface area contributed by atoms with Gasteiger partial charge in [0.1, 0.15) is 0 Å². The number of nitrogens with zero attached hydrogens (tertiary/aromatic N) is 2. The van der Waals surface area contributed by atoms with Crippen molar-refractivity contribution >= 4 is 0 Å². The van der Waals surface area contributed by atoms with Crippen LogP contribution in [0.25, 0.3) is 0 Å². The number of nitriles is 2. The third-order valence-corrected chi connectivity index (χ3v) is 2.98. The quantitative estimate of drug-likeness (QED) is 0.506. The summed E-state index contributed by atoms with van der Waals surface area (Å²) in [5.74, 6) is 2.74. The van der Waals surface area contributed by atoms with Gasteiger partial charge in [-0.15, -0.1) is 12.3 Å². The van der Waals surface area contributed by atoms with Crippen molar-refractivity contribution in [3.8, 4) is 24.5 Å². The van der Waals surface area contributed by atoms with Crippen LogP contribution in [0.4, 0.5) is 0 Å². The molecular formula is C13H14N2. The lowest BCUT2D eigenvalue weighted by atomic mass is 9.71. The van der Waals surface area contributed by atoms with E-state index < -0.39 is 5.41 Å². The fourth-order valence-electron chi connectivity index (χ4n) is 2.12. The van der Waals surface area contributed by atoms with Gasteiger partial charge in [-0.3, -0.25) is 0 Å². The molecule has 1 aliphatic carbocycles. The molecule has 76 valence electrons. The van der Waals surface area contributed by atoms with Crippen molar-refractivity contribution in [2.45, 2.75) is 32.6 Å². The molecule has 0 aromatic heterocycles. The van der Waals surface area contributed by atoms with Gasteiger partial charge < -0.3 is 0 Å². The third-order valence-electron chi connectivity index (χ3n) is 2.98. The first kappa shape index (κ1) is 11.4. The molecule has 1 rings (SSSR count). The number of allylic oxidation sites excluding steroid dienone is 2. The van der Waals surface area contributed by atoms with Crippen LogP contribution in [0.3, 0.4) is 0 Å². The normalized spacial score (nSPS) is 20.7. The summed E-state index contributed by atoms with van der Waals surface area (Å²) < 4.78 is 0. The van der Waals surface area contributed by atoms with E-state index in [1.165, 1.54) is 0 Å². The maximum atomic E-state index is 9.17. The van der Waals surface area contributed by atoms with Gasteiger partial charge in [0.25, 0.3) is 0 Å². The first-order valence-corrected chi connectivity index (χ1v) is 5.16. The molecule has 1 atom stereocenters. The zero-order valence-electron chi connectivity index (χ0n) is 8.95. The van der Waals surface area contributed by atoms with Gasteiger partial charge in [0.15, 0.2) is 5.41 Å². The van der Waals surface area contributed by atoms with Crippen molar-refractivity contribution in [3.05, 3.63) is 11.6 Å². The Hall–Kier alpha value is -1.72. The Labute approximate surface area is 91.2 Å². The lowest BCUT2D eigenvalue weighted by Gasteiger charge is -2.28. The molecule has 1 aliphatic rings. The topological polar surface area (TPSA) is 47.6 Å². The Kier molecular flexibility index (Phi) is 3.54. The molecule has 0 saturated heterocycles. The molecule has 0 heterocycles. The van der Waals surface area contributed by atoms with Crippen molar-refractivity contribution < 1.29 is 0 Å². The minimum atomic E-state index is -1.09. The van der Waals surface area contributed by atoms with Gasteiger partial charge in [0, 0.05) is 6.42 Å². The Bertz CT molecular complexity index is 370.